The van der Waals surface area contributed by atoms with Crippen molar-refractivity contribution in [3.8, 4) is 5.75 Å². The third-order valence-corrected chi connectivity index (χ3v) is 3.15. The van der Waals surface area contributed by atoms with Gasteiger partial charge in [-0.25, -0.2) is 0 Å². The molecule has 0 amide bonds. The summed E-state index contributed by atoms with van der Waals surface area (Å²) in [4.78, 5) is 9.99. The lowest BCUT2D eigenvalue weighted by Crippen LogP contribution is -1.97. The van der Waals surface area contributed by atoms with E-state index in [2.05, 4.69) is 24.2 Å². The second kappa shape index (κ2) is 10.5. The van der Waals surface area contributed by atoms with E-state index in [1.807, 2.05) is 12.1 Å². The van der Waals surface area contributed by atoms with Crippen LogP contribution < -0.4 is 4.74 Å². The first-order valence-electron chi connectivity index (χ1n) is 7.37. The number of hydrogen-bond acceptors (Lipinski definition) is 3. The predicted octanol–water partition coefficient (Wildman–Crippen LogP) is 4.73. The largest absolute Gasteiger partial charge is 0.494 e. The highest BCUT2D eigenvalue weighted by molar-refractivity contribution is 5.27. The molecule has 0 saturated carbocycles. The number of aryl methyl sites for hydroxylation is 1. The number of hydrogen-bond donors (Lipinski definition) is 0. The van der Waals surface area contributed by atoms with Crippen LogP contribution in [0.5, 0.6) is 5.75 Å². The average Bonchev–Trinajstić information content (AvgIpc) is 2.44. The maximum Gasteiger partial charge on any atom is 0.119 e. The van der Waals surface area contributed by atoms with E-state index in [0.717, 1.165) is 31.6 Å². The molecule has 0 saturated heterocycles. The van der Waals surface area contributed by atoms with Crippen LogP contribution in [-0.2, 0) is 6.42 Å². The molecule has 0 unspecified atom stereocenters. The van der Waals surface area contributed by atoms with Crippen LogP contribution in [0.2, 0.25) is 0 Å². The number of rotatable bonds is 11. The molecule has 0 bridgehead atoms. The first-order chi connectivity index (χ1) is 9.36. The maximum absolute atomic E-state index is 9.99. The zero-order valence-corrected chi connectivity index (χ0v) is 11.9. The molecule has 0 fully saturated rings. The Morgan fingerprint density at radius 2 is 1.74 bits per heavy atom. The van der Waals surface area contributed by atoms with Gasteiger partial charge in [0, 0.05) is 0 Å². The molecular formula is C16H25NO2. The lowest BCUT2D eigenvalue weighted by Gasteiger charge is -2.07. The summed E-state index contributed by atoms with van der Waals surface area (Å²) in [6, 6.07) is 8.15. The first kappa shape index (κ1) is 15.7. The minimum absolute atomic E-state index is 0.399. The fraction of sp³-hybridized carbons (Fsp3) is 0.625. The highest BCUT2D eigenvalue weighted by Gasteiger charge is 1.97. The normalized spacial score (nSPS) is 10.4. The lowest BCUT2D eigenvalue weighted by molar-refractivity contribution is 0.304. The van der Waals surface area contributed by atoms with Crippen LogP contribution in [0.1, 0.15) is 51.0 Å². The second-order valence-electron chi connectivity index (χ2n) is 4.86. The van der Waals surface area contributed by atoms with Crippen molar-refractivity contribution >= 4 is 0 Å². The number of nitroso groups, excluding NO2 is 1. The average molecular weight is 263 g/mol. The molecule has 0 aromatic heterocycles. The quantitative estimate of drug-likeness (QED) is 0.427. The van der Waals surface area contributed by atoms with Gasteiger partial charge >= 0.3 is 0 Å². The van der Waals surface area contributed by atoms with Crippen LogP contribution in [0.3, 0.4) is 0 Å². The molecule has 0 N–H and O–H groups in total. The summed E-state index contributed by atoms with van der Waals surface area (Å²) in [5.41, 5.74) is 1.24. The summed E-state index contributed by atoms with van der Waals surface area (Å²) in [5, 5.41) is 2.86. The van der Waals surface area contributed by atoms with Crippen LogP contribution in [-0.4, -0.2) is 13.2 Å². The van der Waals surface area contributed by atoms with Crippen molar-refractivity contribution in [1.29, 1.82) is 0 Å². The molecule has 3 nitrogen and oxygen atoms in total. The van der Waals surface area contributed by atoms with Gasteiger partial charge in [0.15, 0.2) is 0 Å². The van der Waals surface area contributed by atoms with Gasteiger partial charge in [0.2, 0.25) is 0 Å². The highest BCUT2D eigenvalue weighted by atomic mass is 16.5. The van der Waals surface area contributed by atoms with Crippen molar-refractivity contribution in [2.45, 2.75) is 51.9 Å². The van der Waals surface area contributed by atoms with Gasteiger partial charge in [-0.2, -0.15) is 4.91 Å². The Labute approximate surface area is 116 Å². The van der Waals surface area contributed by atoms with E-state index in [9.17, 15) is 4.91 Å². The molecule has 0 aliphatic rings. The molecule has 0 atom stereocenters. The smallest absolute Gasteiger partial charge is 0.119 e. The minimum atomic E-state index is 0.399. The molecular weight excluding hydrogens is 238 g/mol. The number of benzene rings is 1. The molecule has 1 aromatic carbocycles. The van der Waals surface area contributed by atoms with Gasteiger partial charge in [-0.3, -0.25) is 0 Å². The highest BCUT2D eigenvalue weighted by Crippen LogP contribution is 2.14. The molecule has 1 aromatic rings. The van der Waals surface area contributed by atoms with Crippen molar-refractivity contribution in [3.63, 3.8) is 0 Å². The van der Waals surface area contributed by atoms with E-state index in [1.54, 1.807) is 0 Å². The molecule has 0 spiro atoms. The second-order valence-corrected chi connectivity index (χ2v) is 4.86. The Balaban J connectivity index is 2.15. The Morgan fingerprint density at radius 3 is 2.42 bits per heavy atom. The van der Waals surface area contributed by atoms with Crippen molar-refractivity contribution in [2.75, 3.05) is 13.2 Å². The number of nitrogens with zero attached hydrogens (tertiary/aromatic N) is 1. The zero-order valence-electron chi connectivity index (χ0n) is 11.9. The van der Waals surface area contributed by atoms with Crippen molar-refractivity contribution in [3.05, 3.63) is 34.7 Å². The fourth-order valence-corrected chi connectivity index (χ4v) is 2.00. The predicted molar refractivity (Wildman–Crippen MR) is 79.7 cm³/mol. The van der Waals surface area contributed by atoms with E-state index in [1.165, 1.54) is 31.2 Å². The molecule has 3 heteroatoms. The van der Waals surface area contributed by atoms with Gasteiger partial charge < -0.3 is 4.74 Å². The number of unbranched alkanes of at least 4 members (excludes halogenated alkanes) is 4. The maximum atomic E-state index is 9.99. The third-order valence-electron chi connectivity index (χ3n) is 3.15. The summed E-state index contributed by atoms with van der Waals surface area (Å²) in [7, 11) is 0. The van der Waals surface area contributed by atoms with Crippen LogP contribution >= 0.6 is 0 Å². The van der Waals surface area contributed by atoms with Gasteiger partial charge in [-0.15, -0.1) is 0 Å². The topological polar surface area (TPSA) is 38.7 Å². The standard InChI is InChI=1S/C16H25NO2/c1-2-3-4-5-6-14-19-16-11-9-15(10-12-16)8-7-13-17-18/h9-12H,2-8,13-14H2,1H3. The Morgan fingerprint density at radius 1 is 1.00 bits per heavy atom. The van der Waals surface area contributed by atoms with Crippen LogP contribution in [0.4, 0.5) is 0 Å². The summed E-state index contributed by atoms with van der Waals surface area (Å²) >= 11 is 0. The molecule has 0 heterocycles. The van der Waals surface area contributed by atoms with Crippen molar-refractivity contribution in [2.24, 2.45) is 5.18 Å². The minimum Gasteiger partial charge on any atom is -0.494 e. The SMILES string of the molecule is CCCCCCCOc1ccc(CCCN=O)cc1. The molecule has 0 aliphatic carbocycles. The Kier molecular flexibility index (Phi) is 8.69. The van der Waals surface area contributed by atoms with E-state index in [-0.39, 0.29) is 0 Å². The molecule has 106 valence electrons. The molecule has 19 heavy (non-hydrogen) atoms. The Hall–Kier alpha value is -1.38. The summed E-state index contributed by atoms with van der Waals surface area (Å²) in [6.45, 7) is 3.43. The van der Waals surface area contributed by atoms with Crippen molar-refractivity contribution in [1.82, 2.24) is 0 Å². The van der Waals surface area contributed by atoms with E-state index >= 15 is 0 Å². The van der Waals surface area contributed by atoms with Gasteiger partial charge in [0.1, 0.15) is 5.75 Å². The van der Waals surface area contributed by atoms with Gasteiger partial charge in [-0.05, 0) is 37.0 Å². The van der Waals surface area contributed by atoms with Crippen LogP contribution in [0, 0.1) is 4.91 Å². The molecule has 1 rings (SSSR count). The first-order valence-corrected chi connectivity index (χ1v) is 7.37. The Bertz CT molecular complexity index is 335. The van der Waals surface area contributed by atoms with Gasteiger partial charge in [0.25, 0.3) is 0 Å². The third kappa shape index (κ3) is 7.60. The van der Waals surface area contributed by atoms with E-state index in [0.29, 0.717) is 6.54 Å². The van der Waals surface area contributed by atoms with Gasteiger partial charge in [-0.1, -0.05) is 49.9 Å². The van der Waals surface area contributed by atoms with E-state index in [4.69, 9.17) is 4.74 Å². The van der Waals surface area contributed by atoms with Crippen molar-refractivity contribution < 1.29 is 4.74 Å². The zero-order chi connectivity index (χ0) is 13.8. The molecule has 0 aliphatic heterocycles. The number of ether oxygens (including phenoxy) is 1. The van der Waals surface area contributed by atoms with E-state index < -0.39 is 0 Å². The van der Waals surface area contributed by atoms with Crippen LogP contribution in [0.25, 0.3) is 0 Å². The molecule has 0 radical (unpaired) electrons. The lowest BCUT2D eigenvalue weighted by atomic mass is 10.1. The summed E-state index contributed by atoms with van der Waals surface area (Å²) in [5.74, 6) is 0.938. The monoisotopic (exact) mass is 263 g/mol. The summed E-state index contributed by atoms with van der Waals surface area (Å²) in [6.07, 6.45) is 8.03. The van der Waals surface area contributed by atoms with Crippen LogP contribution in [0.15, 0.2) is 29.4 Å². The summed E-state index contributed by atoms with van der Waals surface area (Å²) < 4.78 is 5.70. The fourth-order valence-electron chi connectivity index (χ4n) is 2.00. The van der Waals surface area contributed by atoms with Gasteiger partial charge in [0.05, 0.1) is 13.2 Å².